The van der Waals surface area contributed by atoms with Gasteiger partial charge < -0.3 is 10.5 Å². The van der Waals surface area contributed by atoms with E-state index < -0.39 is 11.2 Å². The smallest absolute Gasteiger partial charge is 0.183 e. The number of hydrogen-bond acceptors (Lipinski definition) is 2. The lowest BCUT2D eigenvalue weighted by Gasteiger charge is -2.22. The third-order valence-corrected chi connectivity index (χ3v) is 2.92. The minimum atomic E-state index is -0.560. The van der Waals surface area contributed by atoms with Crippen molar-refractivity contribution in [3.63, 3.8) is 0 Å². The first kappa shape index (κ1) is 13.8. The molecule has 0 fully saturated rings. The second-order valence-electron chi connectivity index (χ2n) is 4.45. The first-order valence-corrected chi connectivity index (χ1v) is 5.63. The van der Waals surface area contributed by atoms with E-state index in [4.69, 9.17) is 27.5 Å². The van der Waals surface area contributed by atoms with Crippen molar-refractivity contribution in [3.05, 3.63) is 29.0 Å². The quantitative estimate of drug-likeness (QED) is 0.629. The zero-order valence-corrected chi connectivity index (χ0v) is 10.6. The van der Waals surface area contributed by atoms with Crippen molar-refractivity contribution in [2.24, 2.45) is 11.1 Å². The van der Waals surface area contributed by atoms with Crippen LogP contribution in [0.2, 0.25) is 5.02 Å². The van der Waals surface area contributed by atoms with E-state index in [0.717, 1.165) is 0 Å². The molecule has 0 aliphatic rings. The van der Waals surface area contributed by atoms with E-state index in [1.807, 2.05) is 13.8 Å². The average molecular weight is 259 g/mol. The van der Waals surface area contributed by atoms with Gasteiger partial charge in [-0.25, -0.2) is 4.39 Å². The highest BCUT2D eigenvalue weighted by Crippen LogP contribution is 2.25. The number of ether oxygens (including phenoxy) is 1. The second kappa shape index (κ2) is 5.36. The molecule has 3 nitrogen and oxygen atoms in total. The molecule has 0 bridgehead atoms. The summed E-state index contributed by atoms with van der Waals surface area (Å²) in [7, 11) is 0. The second-order valence-corrected chi connectivity index (χ2v) is 4.86. The number of halogens is 2. The maximum atomic E-state index is 13.5. The molecule has 17 heavy (non-hydrogen) atoms. The van der Waals surface area contributed by atoms with Gasteiger partial charge in [-0.3, -0.25) is 5.41 Å². The Bertz CT molecular complexity index is 421. The van der Waals surface area contributed by atoms with Gasteiger partial charge in [0, 0.05) is 5.41 Å². The zero-order valence-electron chi connectivity index (χ0n) is 9.89. The fourth-order valence-corrected chi connectivity index (χ4v) is 1.31. The molecule has 0 aromatic heterocycles. The fraction of sp³-hybridized carbons (Fsp3) is 0.417. The highest BCUT2D eigenvalue weighted by Gasteiger charge is 2.21. The largest absolute Gasteiger partial charge is 0.490 e. The summed E-state index contributed by atoms with van der Waals surface area (Å²) in [6, 6.07) is 4.60. The summed E-state index contributed by atoms with van der Waals surface area (Å²) >= 11 is 5.62. The van der Waals surface area contributed by atoms with Gasteiger partial charge in [0.2, 0.25) is 0 Å². The first-order chi connectivity index (χ1) is 7.84. The van der Waals surface area contributed by atoms with Crippen LogP contribution in [0, 0.1) is 16.6 Å². The van der Waals surface area contributed by atoms with Crippen molar-refractivity contribution in [2.45, 2.75) is 20.3 Å². The van der Waals surface area contributed by atoms with E-state index in [9.17, 15) is 4.39 Å². The van der Waals surface area contributed by atoms with Crippen LogP contribution in [0.15, 0.2) is 18.2 Å². The number of rotatable bonds is 5. The minimum absolute atomic E-state index is 0.0355. The average Bonchev–Trinajstić information content (AvgIpc) is 2.24. The fourth-order valence-electron chi connectivity index (χ4n) is 1.15. The Morgan fingerprint density at radius 1 is 1.53 bits per heavy atom. The molecule has 1 aromatic rings. The molecule has 0 aliphatic heterocycles. The predicted octanol–water partition coefficient (Wildman–Crippen LogP) is 3.21. The number of amidine groups is 1. The number of nitrogens with one attached hydrogen (secondary N) is 1. The van der Waals surface area contributed by atoms with Gasteiger partial charge in [-0.05, 0) is 18.6 Å². The number of benzene rings is 1. The summed E-state index contributed by atoms with van der Waals surface area (Å²) in [6.45, 7) is 3.96. The molecule has 0 amide bonds. The van der Waals surface area contributed by atoms with Gasteiger partial charge in [0.05, 0.1) is 17.5 Å². The Balaban J connectivity index is 2.58. The van der Waals surface area contributed by atoms with Gasteiger partial charge in [-0.2, -0.15) is 0 Å². The topological polar surface area (TPSA) is 59.1 Å². The van der Waals surface area contributed by atoms with Crippen LogP contribution in [0.4, 0.5) is 4.39 Å². The van der Waals surface area contributed by atoms with E-state index >= 15 is 0 Å². The maximum Gasteiger partial charge on any atom is 0.183 e. The Labute approximate surface area is 105 Å². The van der Waals surface area contributed by atoms with Gasteiger partial charge in [-0.15, -0.1) is 0 Å². The van der Waals surface area contributed by atoms with Crippen LogP contribution in [-0.2, 0) is 0 Å². The van der Waals surface area contributed by atoms with Crippen molar-refractivity contribution >= 4 is 17.4 Å². The van der Waals surface area contributed by atoms with E-state index in [0.29, 0.717) is 6.42 Å². The highest BCUT2D eigenvalue weighted by atomic mass is 35.5. The van der Waals surface area contributed by atoms with E-state index in [-0.39, 0.29) is 23.2 Å². The molecule has 0 unspecified atom stereocenters. The van der Waals surface area contributed by atoms with E-state index in [2.05, 4.69) is 0 Å². The molecule has 0 saturated carbocycles. The molecule has 0 heterocycles. The summed E-state index contributed by atoms with van der Waals surface area (Å²) in [5, 5.41) is 7.42. The molecule has 0 saturated heterocycles. The van der Waals surface area contributed by atoms with Crippen LogP contribution in [0.25, 0.3) is 0 Å². The van der Waals surface area contributed by atoms with Crippen LogP contribution in [0.3, 0.4) is 0 Å². The molecule has 1 aromatic carbocycles. The summed E-state index contributed by atoms with van der Waals surface area (Å²) in [5.74, 6) is -0.348. The van der Waals surface area contributed by atoms with E-state index in [1.165, 1.54) is 12.1 Å². The first-order valence-electron chi connectivity index (χ1n) is 5.26. The predicted molar refractivity (Wildman–Crippen MR) is 67.2 cm³/mol. The molecule has 5 heteroatoms. The van der Waals surface area contributed by atoms with Crippen LogP contribution >= 0.6 is 11.6 Å². The standard InChI is InChI=1S/C12H16ClFN2O/c1-12(2,11(15)16)6-7-17-9-5-3-4-8(13)10(9)14/h3-5H,6-7H2,1-2H3,(H3,15,16). The Morgan fingerprint density at radius 3 is 2.76 bits per heavy atom. The van der Waals surface area contributed by atoms with E-state index in [1.54, 1.807) is 6.07 Å². The number of hydrogen-bond donors (Lipinski definition) is 2. The SMILES string of the molecule is CC(C)(CCOc1cccc(Cl)c1F)C(=N)N. The Morgan fingerprint density at radius 2 is 2.18 bits per heavy atom. The van der Waals surface area contributed by atoms with Crippen LogP contribution in [-0.4, -0.2) is 12.4 Å². The lowest BCUT2D eigenvalue weighted by Crippen LogP contribution is -2.32. The molecule has 0 spiro atoms. The summed E-state index contributed by atoms with van der Waals surface area (Å²) in [6.07, 6.45) is 0.536. The van der Waals surface area contributed by atoms with Crippen molar-refractivity contribution in [2.75, 3.05) is 6.61 Å². The Hall–Kier alpha value is -1.29. The summed E-state index contributed by atoms with van der Waals surface area (Å²) in [4.78, 5) is 0. The molecule has 3 N–H and O–H groups in total. The minimum Gasteiger partial charge on any atom is -0.490 e. The molecular weight excluding hydrogens is 243 g/mol. The summed E-state index contributed by atoms with van der Waals surface area (Å²) in [5.41, 5.74) is 4.99. The van der Waals surface area contributed by atoms with Gasteiger partial charge in [0.1, 0.15) is 0 Å². The summed E-state index contributed by atoms with van der Waals surface area (Å²) < 4.78 is 18.7. The van der Waals surface area contributed by atoms with Gasteiger partial charge in [0.15, 0.2) is 11.6 Å². The lowest BCUT2D eigenvalue weighted by molar-refractivity contribution is 0.258. The van der Waals surface area contributed by atoms with Gasteiger partial charge >= 0.3 is 0 Å². The van der Waals surface area contributed by atoms with Crippen molar-refractivity contribution in [1.82, 2.24) is 0 Å². The molecule has 0 aliphatic carbocycles. The molecule has 0 atom stereocenters. The van der Waals surface area contributed by atoms with Crippen molar-refractivity contribution < 1.29 is 9.13 Å². The van der Waals surface area contributed by atoms with Gasteiger partial charge in [-0.1, -0.05) is 31.5 Å². The monoisotopic (exact) mass is 258 g/mol. The van der Waals surface area contributed by atoms with Crippen molar-refractivity contribution in [3.8, 4) is 5.75 Å². The maximum absolute atomic E-state index is 13.5. The van der Waals surface area contributed by atoms with Crippen molar-refractivity contribution in [1.29, 1.82) is 5.41 Å². The molecular formula is C12H16ClFN2O. The lowest BCUT2D eigenvalue weighted by atomic mass is 9.88. The molecule has 1 rings (SSSR count). The Kier molecular flexibility index (Phi) is 4.34. The molecule has 94 valence electrons. The van der Waals surface area contributed by atoms with Crippen LogP contribution in [0.1, 0.15) is 20.3 Å². The third-order valence-electron chi connectivity index (χ3n) is 2.63. The third kappa shape index (κ3) is 3.60. The molecule has 0 radical (unpaired) electrons. The van der Waals surface area contributed by atoms with Crippen LogP contribution in [0.5, 0.6) is 5.75 Å². The zero-order chi connectivity index (χ0) is 13.1. The van der Waals surface area contributed by atoms with Gasteiger partial charge in [0.25, 0.3) is 0 Å². The number of nitrogens with two attached hydrogens (primary N) is 1. The van der Waals surface area contributed by atoms with Crippen LogP contribution < -0.4 is 10.5 Å². The highest BCUT2D eigenvalue weighted by molar-refractivity contribution is 6.30. The normalized spacial score (nSPS) is 11.3.